The van der Waals surface area contributed by atoms with E-state index < -0.39 is 10.0 Å². The van der Waals surface area contributed by atoms with Gasteiger partial charge >= 0.3 is 0 Å². The van der Waals surface area contributed by atoms with Crippen LogP contribution in [-0.2, 0) is 16.4 Å². The molecule has 1 aliphatic heterocycles. The van der Waals surface area contributed by atoms with E-state index in [2.05, 4.69) is 5.32 Å². The topological polar surface area (TPSA) is 66.5 Å². The summed E-state index contributed by atoms with van der Waals surface area (Å²) in [6, 6.07) is 11.9. The lowest BCUT2D eigenvalue weighted by atomic mass is 10.1. The smallest absolute Gasteiger partial charge is 0.255 e. The number of rotatable bonds is 3. The van der Waals surface area contributed by atoms with E-state index in [1.165, 1.54) is 10.6 Å². The van der Waals surface area contributed by atoms with Crippen LogP contribution in [0.5, 0.6) is 0 Å². The number of anilines is 2. The molecule has 0 aromatic heterocycles. The van der Waals surface area contributed by atoms with E-state index in [1.54, 1.807) is 42.5 Å². The van der Waals surface area contributed by atoms with Crippen LogP contribution in [0.1, 0.15) is 22.8 Å². The fraction of sp³-hybridized carbons (Fsp3) is 0.235. The number of carbonyl (C=O) groups excluding carboxylic acids is 1. The molecular weight excluding hydrogens is 348 g/mol. The zero-order valence-corrected chi connectivity index (χ0v) is 14.9. The van der Waals surface area contributed by atoms with Gasteiger partial charge in [0.1, 0.15) is 0 Å². The molecule has 1 aliphatic rings. The van der Waals surface area contributed by atoms with Crippen LogP contribution < -0.4 is 9.62 Å². The lowest BCUT2D eigenvalue weighted by Crippen LogP contribution is -2.34. The number of nitrogens with one attached hydrogen (secondary N) is 1. The van der Waals surface area contributed by atoms with Crippen LogP contribution in [0.4, 0.5) is 11.4 Å². The Morgan fingerprint density at radius 1 is 1.25 bits per heavy atom. The molecule has 24 heavy (non-hydrogen) atoms. The Balaban J connectivity index is 1.89. The number of amides is 1. The molecule has 0 fully saturated rings. The Morgan fingerprint density at radius 3 is 2.62 bits per heavy atom. The quantitative estimate of drug-likeness (QED) is 0.908. The summed E-state index contributed by atoms with van der Waals surface area (Å²) >= 11 is 6.05. The number of para-hydroxylation sites is 1. The van der Waals surface area contributed by atoms with E-state index in [9.17, 15) is 13.2 Å². The lowest BCUT2D eigenvalue weighted by molar-refractivity contribution is 0.102. The van der Waals surface area contributed by atoms with Crippen LogP contribution in [0, 0.1) is 0 Å². The zero-order valence-electron chi connectivity index (χ0n) is 13.3. The largest absolute Gasteiger partial charge is 0.321 e. The van der Waals surface area contributed by atoms with Gasteiger partial charge in [0.2, 0.25) is 10.0 Å². The standard InChI is InChI=1S/C17H17ClN2O3S/c1-11-9-13-10-12(7-8-16(13)20(11)24(2,22)23)17(21)19-15-6-4-3-5-14(15)18/h3-8,10-11H,9H2,1-2H3,(H,19,21)/t11-/m1/s1. The minimum absolute atomic E-state index is 0.156. The molecule has 0 unspecified atom stereocenters. The van der Waals surface area contributed by atoms with E-state index >= 15 is 0 Å². The van der Waals surface area contributed by atoms with Crippen LogP contribution in [-0.4, -0.2) is 26.6 Å². The molecular formula is C17H17ClN2O3S. The highest BCUT2D eigenvalue weighted by Gasteiger charge is 2.32. The van der Waals surface area contributed by atoms with Gasteiger partial charge in [-0.15, -0.1) is 0 Å². The first-order valence-electron chi connectivity index (χ1n) is 7.45. The van der Waals surface area contributed by atoms with Gasteiger partial charge in [-0.05, 0) is 49.2 Å². The summed E-state index contributed by atoms with van der Waals surface area (Å²) in [5.74, 6) is -0.281. The van der Waals surface area contributed by atoms with Gasteiger partial charge in [0.25, 0.3) is 5.91 Å². The summed E-state index contributed by atoms with van der Waals surface area (Å²) in [5, 5.41) is 3.23. The van der Waals surface area contributed by atoms with Crippen molar-refractivity contribution in [1.82, 2.24) is 0 Å². The first-order chi connectivity index (χ1) is 11.3. The van der Waals surface area contributed by atoms with Crippen LogP contribution in [0.3, 0.4) is 0 Å². The van der Waals surface area contributed by atoms with Crippen LogP contribution in [0.2, 0.25) is 5.02 Å². The highest BCUT2D eigenvalue weighted by molar-refractivity contribution is 7.92. The van der Waals surface area contributed by atoms with Crippen molar-refractivity contribution < 1.29 is 13.2 Å². The fourth-order valence-electron chi connectivity index (χ4n) is 3.01. The third-order valence-electron chi connectivity index (χ3n) is 3.97. The van der Waals surface area contributed by atoms with Crippen LogP contribution in [0.25, 0.3) is 0 Å². The predicted molar refractivity (Wildman–Crippen MR) is 96.3 cm³/mol. The van der Waals surface area contributed by atoms with Gasteiger partial charge in [-0.25, -0.2) is 8.42 Å². The number of fused-ring (bicyclic) bond motifs is 1. The molecule has 0 saturated carbocycles. The molecule has 3 rings (SSSR count). The average molecular weight is 365 g/mol. The SMILES string of the molecule is C[C@@H]1Cc2cc(C(=O)Nc3ccccc3Cl)ccc2N1S(C)(=O)=O. The second-order valence-electron chi connectivity index (χ2n) is 5.89. The third kappa shape index (κ3) is 3.12. The molecule has 0 aliphatic carbocycles. The van der Waals surface area contributed by atoms with Gasteiger partial charge in [-0.3, -0.25) is 9.10 Å². The highest BCUT2D eigenvalue weighted by atomic mass is 35.5. The van der Waals surface area contributed by atoms with Crippen LogP contribution >= 0.6 is 11.6 Å². The molecule has 1 atom stereocenters. The number of benzene rings is 2. The number of hydrogen-bond acceptors (Lipinski definition) is 3. The molecule has 0 radical (unpaired) electrons. The summed E-state index contributed by atoms with van der Waals surface area (Å²) in [4.78, 5) is 12.4. The number of nitrogens with zero attached hydrogens (tertiary/aromatic N) is 1. The van der Waals surface area contributed by atoms with Crippen molar-refractivity contribution in [3.05, 3.63) is 58.6 Å². The Morgan fingerprint density at radius 2 is 1.96 bits per heavy atom. The summed E-state index contributed by atoms with van der Waals surface area (Å²) in [6.45, 7) is 1.85. The van der Waals surface area contributed by atoms with Gasteiger partial charge < -0.3 is 5.32 Å². The maximum atomic E-state index is 12.4. The van der Waals surface area contributed by atoms with Crippen molar-refractivity contribution in [3.63, 3.8) is 0 Å². The summed E-state index contributed by atoms with van der Waals surface area (Å²) in [5.41, 5.74) is 2.49. The molecule has 1 heterocycles. The Bertz CT molecular complexity index is 912. The second-order valence-corrected chi connectivity index (χ2v) is 8.16. The molecule has 0 spiro atoms. The van der Waals surface area contributed by atoms with Gasteiger partial charge in [0.05, 0.1) is 22.7 Å². The van der Waals surface area contributed by atoms with Gasteiger partial charge in [-0.2, -0.15) is 0 Å². The maximum Gasteiger partial charge on any atom is 0.255 e. The highest BCUT2D eigenvalue weighted by Crippen LogP contribution is 2.35. The molecule has 2 aromatic rings. The number of sulfonamides is 1. The van der Waals surface area contributed by atoms with Crippen molar-refractivity contribution in [3.8, 4) is 0 Å². The van der Waals surface area contributed by atoms with Gasteiger partial charge in [0.15, 0.2) is 0 Å². The van der Waals surface area contributed by atoms with Crippen LogP contribution in [0.15, 0.2) is 42.5 Å². The minimum Gasteiger partial charge on any atom is -0.321 e. The molecule has 0 saturated heterocycles. The van der Waals surface area contributed by atoms with Crippen molar-refractivity contribution >= 4 is 38.9 Å². The van der Waals surface area contributed by atoms with Crippen molar-refractivity contribution in [1.29, 1.82) is 0 Å². The predicted octanol–water partition coefficient (Wildman–Crippen LogP) is 3.30. The van der Waals surface area contributed by atoms with E-state index in [0.717, 1.165) is 5.56 Å². The van der Waals surface area contributed by atoms with E-state index in [4.69, 9.17) is 11.6 Å². The van der Waals surface area contributed by atoms with Crippen molar-refractivity contribution in [2.45, 2.75) is 19.4 Å². The molecule has 5 nitrogen and oxygen atoms in total. The van der Waals surface area contributed by atoms with Gasteiger partial charge in [-0.1, -0.05) is 23.7 Å². The second kappa shape index (κ2) is 6.11. The molecule has 0 bridgehead atoms. The van der Waals surface area contributed by atoms with E-state index in [1.807, 2.05) is 6.92 Å². The van der Waals surface area contributed by atoms with Gasteiger partial charge in [0, 0.05) is 11.6 Å². The maximum absolute atomic E-state index is 12.4. The summed E-state index contributed by atoms with van der Waals surface area (Å²) in [6.07, 6.45) is 1.77. The monoisotopic (exact) mass is 364 g/mol. The number of hydrogen-bond donors (Lipinski definition) is 1. The molecule has 1 amide bonds. The lowest BCUT2D eigenvalue weighted by Gasteiger charge is -2.21. The Labute approximate surface area is 146 Å². The first-order valence-corrected chi connectivity index (χ1v) is 9.68. The molecule has 2 aromatic carbocycles. The van der Waals surface area contributed by atoms with E-state index in [0.29, 0.717) is 28.4 Å². The third-order valence-corrected chi connectivity index (χ3v) is 5.57. The minimum atomic E-state index is -3.34. The summed E-state index contributed by atoms with van der Waals surface area (Å²) < 4.78 is 25.3. The first kappa shape index (κ1) is 16.8. The molecule has 126 valence electrons. The van der Waals surface area contributed by atoms with Crippen molar-refractivity contribution in [2.75, 3.05) is 15.9 Å². The summed E-state index contributed by atoms with van der Waals surface area (Å²) in [7, 11) is -3.34. The molecule has 7 heteroatoms. The number of carbonyl (C=O) groups is 1. The Hall–Kier alpha value is -2.05. The zero-order chi connectivity index (χ0) is 17.5. The van der Waals surface area contributed by atoms with E-state index in [-0.39, 0.29) is 11.9 Å². The fourth-order valence-corrected chi connectivity index (χ4v) is 4.45. The van der Waals surface area contributed by atoms with Crippen molar-refractivity contribution in [2.24, 2.45) is 0 Å². The normalized spacial score (nSPS) is 16.8. The Kier molecular flexibility index (Phi) is 4.27. The average Bonchev–Trinajstić information content (AvgIpc) is 2.84. The number of halogens is 1. The molecule has 1 N–H and O–H groups in total.